The molecule has 1 aromatic carbocycles. The maximum Gasteiger partial charge on any atom is 0.326 e. The first-order valence-corrected chi connectivity index (χ1v) is 7.67. The lowest BCUT2D eigenvalue weighted by Gasteiger charge is -2.17. The number of rotatable bonds is 8. The van der Waals surface area contributed by atoms with Crippen LogP contribution in [0.15, 0.2) is 29.2 Å². The van der Waals surface area contributed by atoms with Crippen molar-refractivity contribution in [3.63, 3.8) is 0 Å². The van der Waals surface area contributed by atoms with Crippen molar-refractivity contribution in [1.82, 2.24) is 5.32 Å². The van der Waals surface area contributed by atoms with Crippen LogP contribution in [0.1, 0.15) is 26.7 Å². The predicted molar refractivity (Wildman–Crippen MR) is 82.9 cm³/mol. The number of hydrogen-bond donors (Lipinski definition) is 2. The lowest BCUT2D eigenvalue weighted by atomic mass is 10.1. The van der Waals surface area contributed by atoms with Gasteiger partial charge in [0, 0.05) is 17.0 Å². The second kappa shape index (κ2) is 8.38. The molecule has 8 heteroatoms. The van der Waals surface area contributed by atoms with Crippen LogP contribution in [0, 0.1) is 10.1 Å². The Bertz CT molecular complexity index is 547. The molecule has 7 nitrogen and oxygen atoms in total. The number of aliphatic carboxylic acids is 1. The summed E-state index contributed by atoms with van der Waals surface area (Å²) in [6.45, 7) is 3.50. The Morgan fingerprint density at radius 2 is 1.95 bits per heavy atom. The molecule has 0 spiro atoms. The van der Waals surface area contributed by atoms with Gasteiger partial charge in [-0.15, -0.1) is 11.8 Å². The van der Waals surface area contributed by atoms with Gasteiger partial charge in [-0.3, -0.25) is 14.9 Å². The van der Waals surface area contributed by atoms with Crippen LogP contribution in [0.3, 0.4) is 0 Å². The van der Waals surface area contributed by atoms with Crippen LogP contribution in [0.4, 0.5) is 5.69 Å². The second-order valence-electron chi connectivity index (χ2n) is 4.70. The Morgan fingerprint density at radius 3 is 2.41 bits per heavy atom. The molecule has 2 atom stereocenters. The molecule has 2 N–H and O–H groups in total. The van der Waals surface area contributed by atoms with Crippen LogP contribution >= 0.6 is 11.8 Å². The van der Waals surface area contributed by atoms with Crippen molar-refractivity contribution in [3.8, 4) is 0 Å². The van der Waals surface area contributed by atoms with E-state index < -0.39 is 22.2 Å². The van der Waals surface area contributed by atoms with Crippen molar-refractivity contribution in [3.05, 3.63) is 34.4 Å². The number of hydrogen-bond acceptors (Lipinski definition) is 5. The summed E-state index contributed by atoms with van der Waals surface area (Å²) in [5.74, 6) is -1.42. The van der Waals surface area contributed by atoms with Gasteiger partial charge in [-0.05, 0) is 25.5 Å². The molecular formula is C14H18N2O5S. The molecule has 1 aromatic rings. The predicted octanol–water partition coefficient (Wildman–Crippen LogP) is 2.44. The van der Waals surface area contributed by atoms with E-state index in [1.807, 2.05) is 6.92 Å². The maximum absolute atomic E-state index is 12.0. The van der Waals surface area contributed by atoms with Crippen LogP contribution in [-0.4, -0.2) is 33.2 Å². The van der Waals surface area contributed by atoms with Crippen molar-refractivity contribution in [2.45, 2.75) is 42.9 Å². The number of nitrogens with zero attached hydrogens (tertiary/aromatic N) is 1. The van der Waals surface area contributed by atoms with E-state index in [-0.39, 0.29) is 11.6 Å². The number of nitrogens with one attached hydrogen (secondary N) is 1. The summed E-state index contributed by atoms with van der Waals surface area (Å²) in [7, 11) is 0. The van der Waals surface area contributed by atoms with Crippen molar-refractivity contribution < 1.29 is 19.6 Å². The largest absolute Gasteiger partial charge is 0.480 e. The van der Waals surface area contributed by atoms with Gasteiger partial charge in [0.05, 0.1) is 10.2 Å². The number of carboxylic acids is 1. The van der Waals surface area contributed by atoms with Crippen molar-refractivity contribution >= 4 is 29.3 Å². The third kappa shape index (κ3) is 5.36. The number of benzene rings is 1. The summed E-state index contributed by atoms with van der Waals surface area (Å²) >= 11 is 1.22. The minimum Gasteiger partial charge on any atom is -0.480 e. The van der Waals surface area contributed by atoms with Crippen LogP contribution in [0.2, 0.25) is 0 Å². The molecule has 1 amide bonds. The summed E-state index contributed by atoms with van der Waals surface area (Å²) in [6.07, 6.45) is 1.02. The van der Waals surface area contributed by atoms with Crippen LogP contribution in [0.25, 0.3) is 0 Å². The van der Waals surface area contributed by atoms with E-state index >= 15 is 0 Å². The zero-order chi connectivity index (χ0) is 16.7. The van der Waals surface area contributed by atoms with Crippen molar-refractivity contribution in [2.75, 3.05) is 0 Å². The van der Waals surface area contributed by atoms with Gasteiger partial charge in [-0.25, -0.2) is 4.79 Å². The summed E-state index contributed by atoms with van der Waals surface area (Å²) in [6, 6.07) is 4.96. The van der Waals surface area contributed by atoms with Crippen molar-refractivity contribution in [1.29, 1.82) is 0 Å². The molecule has 2 unspecified atom stereocenters. The monoisotopic (exact) mass is 326 g/mol. The van der Waals surface area contributed by atoms with Gasteiger partial charge >= 0.3 is 5.97 Å². The molecule has 0 saturated carbocycles. The zero-order valence-electron chi connectivity index (χ0n) is 12.3. The SMILES string of the molecule is CCCC(NC(=O)C(C)Sc1ccc([N+](=O)[O-])cc1)C(=O)O. The van der Waals surface area contributed by atoms with Gasteiger partial charge in [0.25, 0.3) is 5.69 Å². The highest BCUT2D eigenvalue weighted by atomic mass is 32.2. The average Bonchev–Trinajstić information content (AvgIpc) is 2.47. The lowest BCUT2D eigenvalue weighted by molar-refractivity contribution is -0.384. The first-order valence-electron chi connectivity index (χ1n) is 6.79. The Morgan fingerprint density at radius 1 is 1.36 bits per heavy atom. The quantitative estimate of drug-likeness (QED) is 0.431. The molecule has 0 aliphatic rings. The van der Waals surface area contributed by atoms with Gasteiger partial charge in [0.15, 0.2) is 0 Å². The molecule has 0 radical (unpaired) electrons. The van der Waals surface area contributed by atoms with E-state index in [1.165, 1.54) is 23.9 Å². The van der Waals surface area contributed by atoms with E-state index in [4.69, 9.17) is 5.11 Å². The number of nitro groups is 1. The number of amides is 1. The Balaban J connectivity index is 2.63. The van der Waals surface area contributed by atoms with Gasteiger partial charge < -0.3 is 10.4 Å². The first-order chi connectivity index (χ1) is 10.3. The average molecular weight is 326 g/mol. The normalized spacial score (nSPS) is 13.2. The molecule has 0 bridgehead atoms. The topological polar surface area (TPSA) is 110 Å². The summed E-state index contributed by atoms with van der Waals surface area (Å²) in [5.41, 5.74) is -0.0182. The third-order valence-electron chi connectivity index (χ3n) is 2.92. The van der Waals surface area contributed by atoms with E-state index in [2.05, 4.69) is 5.32 Å². The smallest absolute Gasteiger partial charge is 0.326 e. The standard InChI is InChI=1S/C14H18N2O5S/c1-3-4-12(14(18)19)15-13(17)9(2)22-11-7-5-10(6-8-11)16(20)21/h5-9,12H,3-4H2,1-2H3,(H,15,17)(H,18,19). The highest BCUT2D eigenvalue weighted by Gasteiger charge is 2.22. The van der Waals surface area contributed by atoms with Gasteiger partial charge in [0.2, 0.25) is 5.91 Å². The van der Waals surface area contributed by atoms with Crippen LogP contribution in [0.5, 0.6) is 0 Å². The van der Waals surface area contributed by atoms with E-state index in [0.29, 0.717) is 17.7 Å². The second-order valence-corrected chi connectivity index (χ2v) is 6.11. The molecule has 0 heterocycles. The van der Waals surface area contributed by atoms with Crippen LogP contribution in [-0.2, 0) is 9.59 Å². The van der Waals surface area contributed by atoms with Gasteiger partial charge in [0.1, 0.15) is 6.04 Å². The molecule has 0 fully saturated rings. The Hall–Kier alpha value is -2.09. The van der Waals surface area contributed by atoms with E-state index in [0.717, 1.165) is 0 Å². The van der Waals surface area contributed by atoms with Gasteiger partial charge in [-0.2, -0.15) is 0 Å². The Labute approximate surface area is 132 Å². The number of nitro benzene ring substituents is 1. The fraction of sp³-hybridized carbons (Fsp3) is 0.429. The number of carbonyl (C=O) groups excluding carboxylic acids is 1. The summed E-state index contributed by atoms with van der Waals surface area (Å²) in [5, 5.41) is 21.6. The minimum absolute atomic E-state index is 0.0182. The molecule has 1 rings (SSSR count). The molecule has 0 saturated heterocycles. The van der Waals surface area contributed by atoms with E-state index in [9.17, 15) is 19.7 Å². The molecule has 22 heavy (non-hydrogen) atoms. The first kappa shape index (κ1) is 18.0. The molecule has 0 aromatic heterocycles. The highest BCUT2D eigenvalue weighted by Crippen LogP contribution is 2.25. The van der Waals surface area contributed by atoms with Crippen LogP contribution < -0.4 is 5.32 Å². The maximum atomic E-state index is 12.0. The molecule has 120 valence electrons. The molecular weight excluding hydrogens is 308 g/mol. The number of thioether (sulfide) groups is 1. The zero-order valence-corrected chi connectivity index (χ0v) is 13.1. The fourth-order valence-corrected chi connectivity index (χ4v) is 2.62. The van der Waals surface area contributed by atoms with Crippen molar-refractivity contribution in [2.24, 2.45) is 0 Å². The van der Waals surface area contributed by atoms with E-state index in [1.54, 1.807) is 19.1 Å². The highest BCUT2D eigenvalue weighted by molar-refractivity contribution is 8.00. The number of carboxylic acid groups (broad SMARTS) is 1. The number of non-ortho nitro benzene ring substituents is 1. The molecule has 0 aliphatic heterocycles. The fourth-order valence-electron chi connectivity index (χ4n) is 1.74. The van der Waals surface area contributed by atoms with Gasteiger partial charge in [-0.1, -0.05) is 13.3 Å². The lowest BCUT2D eigenvalue weighted by Crippen LogP contribution is -2.43. The third-order valence-corrected chi connectivity index (χ3v) is 4.03. The summed E-state index contributed by atoms with van der Waals surface area (Å²) in [4.78, 5) is 33.8. The Kier molecular flexibility index (Phi) is 6.84. The number of carbonyl (C=O) groups is 2. The summed E-state index contributed by atoms with van der Waals surface area (Å²) < 4.78 is 0. The molecule has 0 aliphatic carbocycles. The minimum atomic E-state index is -1.05.